The zero-order valence-electron chi connectivity index (χ0n) is 14.9. The quantitative estimate of drug-likeness (QED) is 0.668. The van der Waals surface area contributed by atoms with E-state index < -0.39 is 10.0 Å². The molecule has 1 aromatic carbocycles. The van der Waals surface area contributed by atoms with E-state index in [1.807, 2.05) is 24.3 Å². The first-order valence-electron chi connectivity index (χ1n) is 8.49. The standard InChI is InChI=1S/C17H27N3O4S/c1-24-13-5-12-20(25(2,22)23)14-17(21)18-15-6-8-16(9-7-15)19-10-3-4-11-19/h6-9H,3-5,10-14H2,1-2H3,(H,18,21). The van der Waals surface area contributed by atoms with E-state index in [2.05, 4.69) is 10.2 Å². The van der Waals surface area contributed by atoms with Gasteiger partial charge in [0.25, 0.3) is 0 Å². The van der Waals surface area contributed by atoms with E-state index in [4.69, 9.17) is 4.74 Å². The van der Waals surface area contributed by atoms with Gasteiger partial charge in [0.05, 0.1) is 12.8 Å². The van der Waals surface area contributed by atoms with E-state index in [0.717, 1.165) is 25.0 Å². The molecule has 1 heterocycles. The molecule has 1 amide bonds. The van der Waals surface area contributed by atoms with Crippen LogP contribution in [0, 0.1) is 0 Å². The Balaban J connectivity index is 1.90. The van der Waals surface area contributed by atoms with Gasteiger partial charge < -0.3 is 15.0 Å². The molecule has 1 aliphatic heterocycles. The van der Waals surface area contributed by atoms with Gasteiger partial charge in [-0.25, -0.2) is 8.42 Å². The number of sulfonamides is 1. The number of rotatable bonds is 9. The number of anilines is 2. The van der Waals surface area contributed by atoms with Crippen molar-refractivity contribution in [2.45, 2.75) is 19.3 Å². The SMILES string of the molecule is COCCCN(CC(=O)Nc1ccc(N2CCCC2)cc1)S(C)(=O)=O. The first-order chi connectivity index (χ1) is 11.9. The zero-order chi connectivity index (χ0) is 18.3. The number of ether oxygens (including phenoxy) is 1. The molecule has 0 atom stereocenters. The molecule has 0 spiro atoms. The second kappa shape index (κ2) is 9.17. The molecule has 0 unspecified atom stereocenters. The maximum Gasteiger partial charge on any atom is 0.239 e. The Morgan fingerprint density at radius 3 is 2.44 bits per heavy atom. The summed E-state index contributed by atoms with van der Waals surface area (Å²) in [5.41, 5.74) is 1.81. The van der Waals surface area contributed by atoms with Crippen molar-refractivity contribution in [2.24, 2.45) is 0 Å². The minimum Gasteiger partial charge on any atom is -0.385 e. The molecule has 1 saturated heterocycles. The van der Waals surface area contributed by atoms with Crippen molar-refractivity contribution in [3.63, 3.8) is 0 Å². The Labute approximate surface area is 150 Å². The molecule has 0 aliphatic carbocycles. The average Bonchev–Trinajstić information content (AvgIpc) is 3.08. The van der Waals surface area contributed by atoms with E-state index in [1.54, 1.807) is 7.11 Å². The lowest BCUT2D eigenvalue weighted by atomic mass is 10.2. The smallest absolute Gasteiger partial charge is 0.239 e. The number of hydrogen-bond acceptors (Lipinski definition) is 5. The minimum absolute atomic E-state index is 0.198. The molecular weight excluding hydrogens is 342 g/mol. The van der Waals surface area contributed by atoms with Crippen molar-refractivity contribution in [1.29, 1.82) is 0 Å². The highest BCUT2D eigenvalue weighted by molar-refractivity contribution is 7.88. The number of carbonyl (C=O) groups is 1. The molecule has 1 fully saturated rings. The highest BCUT2D eigenvalue weighted by Gasteiger charge is 2.20. The molecular formula is C17H27N3O4S. The van der Waals surface area contributed by atoms with Gasteiger partial charge in [0, 0.05) is 44.7 Å². The number of amides is 1. The molecule has 1 aliphatic rings. The van der Waals surface area contributed by atoms with Crippen LogP contribution in [0.3, 0.4) is 0 Å². The molecule has 25 heavy (non-hydrogen) atoms. The summed E-state index contributed by atoms with van der Waals surface area (Å²) < 4.78 is 29.7. The predicted molar refractivity (Wildman–Crippen MR) is 99.4 cm³/mol. The van der Waals surface area contributed by atoms with Crippen LogP contribution in [0.2, 0.25) is 0 Å². The highest BCUT2D eigenvalue weighted by Crippen LogP contribution is 2.22. The predicted octanol–water partition coefficient (Wildman–Crippen LogP) is 1.52. The van der Waals surface area contributed by atoms with Crippen LogP contribution in [0.15, 0.2) is 24.3 Å². The topological polar surface area (TPSA) is 79.0 Å². The van der Waals surface area contributed by atoms with Crippen molar-refractivity contribution in [1.82, 2.24) is 4.31 Å². The summed E-state index contributed by atoms with van der Waals surface area (Å²) in [6.07, 6.45) is 4.07. The molecule has 0 saturated carbocycles. The van der Waals surface area contributed by atoms with Gasteiger partial charge in [0.1, 0.15) is 0 Å². The zero-order valence-corrected chi connectivity index (χ0v) is 15.7. The van der Waals surface area contributed by atoms with E-state index in [1.165, 1.54) is 17.1 Å². The summed E-state index contributed by atoms with van der Waals surface area (Å²) in [7, 11) is -1.88. The van der Waals surface area contributed by atoms with Gasteiger partial charge in [-0.15, -0.1) is 0 Å². The van der Waals surface area contributed by atoms with E-state index in [0.29, 0.717) is 18.7 Å². The summed E-state index contributed by atoms with van der Waals surface area (Å²) in [6, 6.07) is 7.66. The highest BCUT2D eigenvalue weighted by atomic mass is 32.2. The summed E-state index contributed by atoms with van der Waals surface area (Å²) in [5, 5.41) is 2.76. The average molecular weight is 369 g/mol. The van der Waals surface area contributed by atoms with Crippen LogP contribution in [0.1, 0.15) is 19.3 Å². The first-order valence-corrected chi connectivity index (χ1v) is 10.3. The van der Waals surface area contributed by atoms with Crippen LogP contribution < -0.4 is 10.2 Å². The van der Waals surface area contributed by atoms with Gasteiger partial charge in [-0.2, -0.15) is 4.31 Å². The van der Waals surface area contributed by atoms with Gasteiger partial charge in [-0.1, -0.05) is 0 Å². The molecule has 140 valence electrons. The van der Waals surface area contributed by atoms with Crippen LogP contribution >= 0.6 is 0 Å². The van der Waals surface area contributed by atoms with Crippen molar-refractivity contribution < 1.29 is 17.9 Å². The summed E-state index contributed by atoms with van der Waals surface area (Å²) >= 11 is 0. The molecule has 1 N–H and O–H groups in total. The monoisotopic (exact) mass is 369 g/mol. The van der Waals surface area contributed by atoms with Gasteiger partial charge >= 0.3 is 0 Å². The maximum absolute atomic E-state index is 12.2. The number of carbonyl (C=O) groups excluding carboxylic acids is 1. The lowest BCUT2D eigenvalue weighted by molar-refractivity contribution is -0.116. The van der Waals surface area contributed by atoms with Crippen LogP contribution in [0.25, 0.3) is 0 Å². The fraction of sp³-hybridized carbons (Fsp3) is 0.588. The molecule has 0 aromatic heterocycles. The number of methoxy groups -OCH3 is 1. The fourth-order valence-electron chi connectivity index (χ4n) is 2.84. The van der Waals surface area contributed by atoms with E-state index in [-0.39, 0.29) is 19.0 Å². The van der Waals surface area contributed by atoms with Crippen molar-refractivity contribution in [3.8, 4) is 0 Å². The van der Waals surface area contributed by atoms with Gasteiger partial charge in [0.2, 0.25) is 15.9 Å². The van der Waals surface area contributed by atoms with Gasteiger partial charge in [-0.05, 0) is 43.5 Å². The maximum atomic E-state index is 12.2. The summed E-state index contributed by atoms with van der Waals surface area (Å²) in [5.74, 6) is -0.350. The third-order valence-electron chi connectivity index (χ3n) is 4.17. The van der Waals surface area contributed by atoms with Crippen LogP contribution in [0.5, 0.6) is 0 Å². The molecule has 2 rings (SSSR count). The first kappa shape index (κ1) is 19.7. The van der Waals surface area contributed by atoms with Crippen LogP contribution in [-0.4, -0.2) is 64.8 Å². The fourth-order valence-corrected chi connectivity index (χ4v) is 3.65. The lowest BCUT2D eigenvalue weighted by Crippen LogP contribution is -2.38. The molecule has 8 heteroatoms. The Morgan fingerprint density at radius 1 is 1.24 bits per heavy atom. The third kappa shape index (κ3) is 6.30. The number of nitrogens with one attached hydrogen (secondary N) is 1. The summed E-state index contributed by atoms with van der Waals surface area (Å²) in [6.45, 7) is 2.64. The van der Waals surface area contributed by atoms with E-state index >= 15 is 0 Å². The minimum atomic E-state index is -3.44. The molecule has 0 radical (unpaired) electrons. The molecule has 0 bridgehead atoms. The van der Waals surface area contributed by atoms with Gasteiger partial charge in [-0.3, -0.25) is 4.79 Å². The van der Waals surface area contributed by atoms with E-state index in [9.17, 15) is 13.2 Å². The Hall–Kier alpha value is -1.64. The van der Waals surface area contributed by atoms with Crippen molar-refractivity contribution >= 4 is 27.3 Å². The van der Waals surface area contributed by atoms with Crippen LogP contribution in [0.4, 0.5) is 11.4 Å². The molecule has 7 nitrogen and oxygen atoms in total. The molecule has 1 aromatic rings. The van der Waals surface area contributed by atoms with Crippen molar-refractivity contribution in [3.05, 3.63) is 24.3 Å². The number of nitrogens with zero attached hydrogens (tertiary/aromatic N) is 2. The van der Waals surface area contributed by atoms with Gasteiger partial charge in [0.15, 0.2) is 0 Å². The Kier molecular flexibility index (Phi) is 7.22. The second-order valence-corrected chi connectivity index (χ2v) is 8.21. The number of hydrogen-bond donors (Lipinski definition) is 1. The largest absolute Gasteiger partial charge is 0.385 e. The third-order valence-corrected chi connectivity index (χ3v) is 5.42. The lowest BCUT2D eigenvalue weighted by Gasteiger charge is -2.20. The Bertz CT molecular complexity index is 655. The number of benzene rings is 1. The summed E-state index contributed by atoms with van der Waals surface area (Å²) in [4.78, 5) is 14.5. The van der Waals surface area contributed by atoms with Crippen molar-refractivity contribution in [2.75, 3.05) is 56.4 Å². The Morgan fingerprint density at radius 2 is 1.88 bits per heavy atom. The normalized spacial score (nSPS) is 14.9. The van der Waals surface area contributed by atoms with Crippen LogP contribution in [-0.2, 0) is 19.6 Å². The second-order valence-electron chi connectivity index (χ2n) is 6.23.